The molecule has 0 radical (unpaired) electrons. The fraction of sp³-hybridized carbons (Fsp3) is 0.756. The minimum absolute atomic E-state index is 0.0240. The van der Waals surface area contributed by atoms with E-state index in [0.717, 1.165) is 113 Å². The van der Waals surface area contributed by atoms with Gasteiger partial charge in [-0.05, 0) is 171 Å². The minimum Gasteiger partial charge on any atom is -0.478 e. The first kappa shape index (κ1) is 132. The molecular weight excluding hydrogens is 1750 g/mol. The summed E-state index contributed by atoms with van der Waals surface area (Å²) in [4.78, 5) is 113. The van der Waals surface area contributed by atoms with Crippen LogP contribution in [0.3, 0.4) is 0 Å². The van der Waals surface area contributed by atoms with Crippen LogP contribution >= 0.6 is 0 Å². The zero-order valence-corrected chi connectivity index (χ0v) is 90.8. The van der Waals surface area contributed by atoms with E-state index < -0.39 is 18.1 Å². The molecule has 0 heterocycles. The van der Waals surface area contributed by atoms with Crippen LogP contribution in [0.2, 0.25) is 0 Å². The van der Waals surface area contributed by atoms with Gasteiger partial charge in [-0.25, -0.2) is 4.79 Å². The van der Waals surface area contributed by atoms with E-state index >= 15 is 0 Å². The van der Waals surface area contributed by atoms with Gasteiger partial charge in [0.2, 0.25) is 11.8 Å². The molecule has 3 amide bonds. The van der Waals surface area contributed by atoms with Crippen LogP contribution in [0.25, 0.3) is 0 Å². The molecule has 20 heteroatoms. The number of allylic oxidation sites excluding steroid dienone is 19. The first-order chi connectivity index (χ1) is 66.7. The predicted octanol–water partition coefficient (Wildman–Crippen LogP) is 32.9. The summed E-state index contributed by atoms with van der Waals surface area (Å²) in [5.74, 6) is -4.01. The van der Waals surface area contributed by atoms with Crippen molar-refractivity contribution < 1.29 is 80.4 Å². The Bertz CT molecular complexity index is 3520. The molecule has 2 N–H and O–H groups in total. The number of aliphatic carboxylic acids is 1. The molecule has 0 unspecified atom stereocenters. The number of carboxylic acids is 1. The van der Waals surface area contributed by atoms with E-state index in [1.807, 2.05) is 36.5 Å². The zero-order chi connectivity index (χ0) is 103. The standard InChI is InChI=1S/C59H101NO6.C40H73F3N2O6.C20H28O2/c1-8-10-12-14-16-18-20-22-24-26-32-41-57(63)65-48-46-60(47-49-66-58(64)42-33-27-25-23-21-19-17-15-13-11-9-2)56(62)40-31-29-28-30-39-54(61)50-52(4)37-34-36-51(3)43-44-55-53(5)38-35-45-59(55,6)7;1-3-5-7-9-11-13-15-17-19-21-25-29-37(47)50-34-32-45(36(46)28-24-23-27-31-44-39(49)40(41,42)43)33-35-51-38(48)30-26-22-20-18-16-14-12-10-8-6-4-2;1-15(8-6-9-16(2)14-19(21)22)11-12-18-17(3)10-7-13-20(18,4)5/h34,36-37,43-44,50H,8-33,35,38-42,45-49H2,1-7H3;3-35H2,1-2H3,(H,44,49);6,8-9,11-12,14H,7,10,13H2,1-5H3,(H,21,22)/b37-34+,44-43+,51-36+,52-50+;;9-6+,12-11+,15-8+,16-14+. The van der Waals surface area contributed by atoms with Crippen molar-refractivity contribution in [2.75, 3.05) is 59.2 Å². The summed E-state index contributed by atoms with van der Waals surface area (Å²) in [5.41, 5.74) is 10.4. The third-order valence-electron chi connectivity index (χ3n) is 26.6. The lowest BCUT2D eigenvalue weighted by molar-refractivity contribution is -0.173. The molecule has 0 aromatic carbocycles. The maximum absolute atomic E-state index is 13.4. The van der Waals surface area contributed by atoms with Gasteiger partial charge < -0.3 is 39.2 Å². The smallest absolute Gasteiger partial charge is 0.471 e. The van der Waals surface area contributed by atoms with Crippen LogP contribution in [0.5, 0.6) is 0 Å². The first-order valence-corrected chi connectivity index (χ1v) is 55.8. The largest absolute Gasteiger partial charge is 0.478 e. The van der Waals surface area contributed by atoms with Crippen LogP contribution in [0.4, 0.5) is 13.2 Å². The highest BCUT2D eigenvalue weighted by atomic mass is 19.4. The number of carbonyl (C=O) groups is 9. The van der Waals surface area contributed by atoms with E-state index in [2.05, 4.69) is 113 Å². The average molecular weight is 1960 g/mol. The second-order valence-electron chi connectivity index (χ2n) is 40.9. The molecule has 0 spiro atoms. The molecular formula is C119H202F3N3O14. The first-order valence-electron chi connectivity index (χ1n) is 55.8. The van der Waals surface area contributed by atoms with Crippen LogP contribution in [0, 0.1) is 10.8 Å². The molecule has 2 rings (SSSR count). The Morgan fingerprint density at radius 2 is 0.597 bits per heavy atom. The number of esters is 4. The highest BCUT2D eigenvalue weighted by Crippen LogP contribution is 2.42. The molecule has 0 atom stereocenters. The number of ether oxygens (including phenoxy) is 4. The number of hydrogen-bond acceptors (Lipinski definition) is 13. The Morgan fingerprint density at radius 3 is 0.863 bits per heavy atom. The number of carbonyl (C=O) groups excluding carboxylic acids is 8. The van der Waals surface area contributed by atoms with E-state index in [0.29, 0.717) is 64.2 Å². The normalized spacial score (nSPS) is 14.2. The summed E-state index contributed by atoms with van der Waals surface area (Å²) in [5, 5.41) is 10.5. The number of ketones is 1. The van der Waals surface area contributed by atoms with Crippen LogP contribution in [0.1, 0.15) is 508 Å². The summed E-state index contributed by atoms with van der Waals surface area (Å²) in [7, 11) is 0. The van der Waals surface area contributed by atoms with Gasteiger partial charge in [0, 0.05) is 57.6 Å². The van der Waals surface area contributed by atoms with Crippen molar-refractivity contribution in [3.8, 4) is 0 Å². The molecule has 0 aromatic heterocycles. The van der Waals surface area contributed by atoms with Gasteiger partial charge in [0.1, 0.15) is 26.4 Å². The van der Waals surface area contributed by atoms with Crippen molar-refractivity contribution in [1.29, 1.82) is 0 Å². The number of hydrogen-bond donors (Lipinski definition) is 2. The van der Waals surface area contributed by atoms with Crippen LogP contribution in [-0.4, -0.2) is 134 Å². The lowest BCUT2D eigenvalue weighted by Gasteiger charge is -2.33. The number of halogens is 3. The van der Waals surface area contributed by atoms with Crippen LogP contribution < -0.4 is 5.32 Å². The van der Waals surface area contributed by atoms with E-state index in [-0.39, 0.29) is 118 Å². The Labute approximate surface area is 845 Å². The van der Waals surface area contributed by atoms with E-state index in [9.17, 15) is 56.3 Å². The molecule has 0 bridgehead atoms. The second kappa shape index (κ2) is 88.3. The number of amides is 3. The van der Waals surface area contributed by atoms with Gasteiger partial charge in [-0.1, -0.05) is 415 Å². The fourth-order valence-corrected chi connectivity index (χ4v) is 17.8. The maximum atomic E-state index is 13.4. The highest BCUT2D eigenvalue weighted by Gasteiger charge is 2.38. The molecule has 0 saturated heterocycles. The number of carboxylic acid groups (broad SMARTS) is 1. The molecule has 798 valence electrons. The third kappa shape index (κ3) is 79.7. The SMILES string of the molecule is CC1=C(/C=C/C(C)=C/C=C/C(C)=C/C(=O)O)C(C)(C)CCC1.CCCCCCCCCCCCCC(=O)OCCN(CCOC(=O)CCCCCCCCCCCCC)C(=O)CCCCCCC(=O)/C=C(C)/C=C/C=C(C)/C=C/C1=C(C)CCCC1(C)C.CCCCCCCCCCCCCC(=O)OCCN(CCOC(=O)CCCCCCCCCCCCC)C(=O)CCCCCNC(=O)C(F)(F)F. The van der Waals surface area contributed by atoms with Gasteiger partial charge in [0.05, 0.1) is 26.2 Å². The van der Waals surface area contributed by atoms with Gasteiger partial charge in [0.15, 0.2) is 5.78 Å². The van der Waals surface area contributed by atoms with E-state index in [1.165, 1.54) is 283 Å². The molecule has 139 heavy (non-hydrogen) atoms. The van der Waals surface area contributed by atoms with Crippen molar-refractivity contribution in [3.63, 3.8) is 0 Å². The summed E-state index contributed by atoms with van der Waals surface area (Å²) in [6.45, 7) is 31.8. The minimum atomic E-state index is -4.91. The van der Waals surface area contributed by atoms with Gasteiger partial charge >= 0.3 is 41.9 Å². The molecule has 2 aliphatic rings. The monoisotopic (exact) mass is 1950 g/mol. The summed E-state index contributed by atoms with van der Waals surface area (Å²) < 4.78 is 58.9. The van der Waals surface area contributed by atoms with Crippen molar-refractivity contribution in [2.45, 2.75) is 514 Å². The summed E-state index contributed by atoms with van der Waals surface area (Å²) in [6.07, 6.45) is 86.2. The zero-order valence-electron chi connectivity index (χ0n) is 90.8. The van der Waals surface area contributed by atoms with Gasteiger partial charge in [-0.15, -0.1) is 0 Å². The number of nitrogens with one attached hydrogen (secondary N) is 1. The van der Waals surface area contributed by atoms with Crippen molar-refractivity contribution in [2.24, 2.45) is 10.8 Å². The van der Waals surface area contributed by atoms with Crippen molar-refractivity contribution in [1.82, 2.24) is 15.1 Å². The number of alkyl halides is 3. The van der Waals surface area contributed by atoms with Gasteiger partial charge in [-0.2, -0.15) is 13.2 Å². The number of rotatable bonds is 83. The Morgan fingerprint density at radius 1 is 0.345 bits per heavy atom. The Kier molecular flexibility index (Phi) is 83.6. The molecule has 0 saturated carbocycles. The van der Waals surface area contributed by atoms with Crippen LogP contribution in [-0.2, 0) is 62.1 Å². The second-order valence-corrected chi connectivity index (χ2v) is 40.9. The van der Waals surface area contributed by atoms with Gasteiger partial charge in [-0.3, -0.25) is 38.4 Å². The van der Waals surface area contributed by atoms with Crippen molar-refractivity contribution in [3.05, 3.63) is 117 Å². The summed E-state index contributed by atoms with van der Waals surface area (Å²) in [6, 6.07) is 0. The average Bonchev–Trinajstić information content (AvgIpc) is 0.824. The molecule has 0 aliphatic heterocycles. The highest BCUT2D eigenvalue weighted by molar-refractivity contribution is 5.90. The lowest BCUT2D eigenvalue weighted by Crippen LogP contribution is -2.37. The molecule has 17 nitrogen and oxygen atoms in total. The Balaban J connectivity index is 0.00000229. The third-order valence-corrected chi connectivity index (χ3v) is 26.6. The topological polar surface area (TPSA) is 229 Å². The number of nitrogens with zero attached hydrogens (tertiary/aromatic N) is 2. The fourth-order valence-electron chi connectivity index (χ4n) is 17.8. The Hall–Kier alpha value is -7.38. The maximum Gasteiger partial charge on any atom is 0.471 e. The molecule has 0 aromatic rings. The lowest BCUT2D eigenvalue weighted by atomic mass is 9.72. The summed E-state index contributed by atoms with van der Waals surface area (Å²) >= 11 is 0. The van der Waals surface area contributed by atoms with E-state index in [1.54, 1.807) is 24.0 Å². The van der Waals surface area contributed by atoms with Crippen LogP contribution in [0.15, 0.2) is 117 Å². The number of unbranched alkanes of at least 4 members (excludes halogenated alkanes) is 45. The van der Waals surface area contributed by atoms with E-state index in [4.69, 9.17) is 24.1 Å². The molecule has 2 aliphatic carbocycles. The van der Waals surface area contributed by atoms with Crippen molar-refractivity contribution >= 4 is 53.4 Å². The quantitative estimate of drug-likeness (QED) is 0.0190. The molecule has 0 fully saturated rings. The predicted molar refractivity (Wildman–Crippen MR) is 571 cm³/mol. The van der Waals surface area contributed by atoms with Gasteiger partial charge in [0.25, 0.3) is 0 Å².